The number of alkyl halides is 3. The van der Waals surface area contributed by atoms with Crippen LogP contribution < -0.4 is 5.32 Å². The van der Waals surface area contributed by atoms with Gasteiger partial charge >= 0.3 is 24.0 Å². The summed E-state index contributed by atoms with van der Waals surface area (Å²) in [6.07, 6.45) is -12.8. The van der Waals surface area contributed by atoms with Gasteiger partial charge < -0.3 is 57.8 Å². The summed E-state index contributed by atoms with van der Waals surface area (Å²) in [5, 5.41) is 14.1. The average molecular weight is 913 g/mol. The second-order valence-electron chi connectivity index (χ2n) is 14.0. The van der Waals surface area contributed by atoms with Crippen molar-refractivity contribution in [3.8, 4) is 0 Å². The van der Waals surface area contributed by atoms with Gasteiger partial charge in [-0.1, -0.05) is 126 Å². The zero-order chi connectivity index (χ0) is 43.9. The van der Waals surface area contributed by atoms with Crippen LogP contribution in [-0.4, -0.2) is 114 Å². The molecule has 2 aliphatic heterocycles. The molecule has 2 heterocycles. The molecule has 5 rings (SSSR count). The SMILES string of the molecule is CC(=O)OC[C@H]1O[C@H](OC[C@H]2O[C@H](O)[C@H](OCc3ccccc3)[C@@H](OCc3ccccc3)[C@@H]2OCc2ccccc2)[C@H](NC(=O)OCC(Cl)(Cl)Cl)[C@@H](OC(C)=O)[C@@H]1OC(C)=O. The van der Waals surface area contributed by atoms with Crippen LogP contribution >= 0.6 is 34.8 Å². The van der Waals surface area contributed by atoms with Crippen LogP contribution in [0.3, 0.4) is 0 Å². The first-order valence-corrected chi connectivity index (χ1v) is 20.3. The molecule has 19 heteroatoms. The van der Waals surface area contributed by atoms with E-state index in [1.165, 1.54) is 0 Å². The highest BCUT2D eigenvalue weighted by atomic mass is 35.6. The van der Waals surface area contributed by atoms with Crippen molar-refractivity contribution in [3.63, 3.8) is 0 Å². The fraction of sp³-hybridized carbons (Fsp3) is 0.476. The molecule has 10 atom stereocenters. The molecule has 0 spiro atoms. The molecule has 0 saturated carbocycles. The van der Waals surface area contributed by atoms with Crippen molar-refractivity contribution in [2.75, 3.05) is 19.8 Å². The fourth-order valence-electron chi connectivity index (χ4n) is 6.61. The highest BCUT2D eigenvalue weighted by molar-refractivity contribution is 6.67. The Balaban J connectivity index is 1.48. The van der Waals surface area contributed by atoms with E-state index in [0.717, 1.165) is 37.5 Å². The number of benzene rings is 3. The lowest BCUT2D eigenvalue weighted by molar-refractivity contribution is -0.330. The monoisotopic (exact) mass is 911 g/mol. The molecule has 2 fully saturated rings. The van der Waals surface area contributed by atoms with Crippen LogP contribution in [0.1, 0.15) is 37.5 Å². The molecule has 2 N–H and O–H groups in total. The molecule has 0 aliphatic carbocycles. The van der Waals surface area contributed by atoms with Crippen molar-refractivity contribution in [1.29, 1.82) is 0 Å². The van der Waals surface area contributed by atoms with Crippen LogP contribution in [0.15, 0.2) is 91.0 Å². The number of esters is 3. The molecule has 3 aromatic carbocycles. The summed E-state index contributed by atoms with van der Waals surface area (Å²) in [6, 6.07) is 26.6. The van der Waals surface area contributed by atoms with Gasteiger partial charge in [0.05, 0.1) is 26.4 Å². The number of aliphatic hydroxyl groups excluding tert-OH is 1. The minimum absolute atomic E-state index is 0.0836. The maximum Gasteiger partial charge on any atom is 0.407 e. The van der Waals surface area contributed by atoms with Crippen LogP contribution in [0.2, 0.25) is 0 Å². The number of hydrogen-bond acceptors (Lipinski definition) is 15. The predicted octanol–water partition coefficient (Wildman–Crippen LogP) is 5.09. The van der Waals surface area contributed by atoms with Gasteiger partial charge in [-0.2, -0.15) is 0 Å². The summed E-state index contributed by atoms with van der Waals surface area (Å²) in [4.78, 5) is 50.0. The van der Waals surface area contributed by atoms with E-state index in [4.69, 9.17) is 82.2 Å². The smallest absolute Gasteiger partial charge is 0.407 e. The summed E-state index contributed by atoms with van der Waals surface area (Å²) in [5.41, 5.74) is 2.49. The van der Waals surface area contributed by atoms with Crippen molar-refractivity contribution >= 4 is 58.8 Å². The van der Waals surface area contributed by atoms with Crippen LogP contribution in [0.25, 0.3) is 0 Å². The van der Waals surface area contributed by atoms with Crippen LogP contribution in [-0.2, 0) is 81.6 Å². The van der Waals surface area contributed by atoms with E-state index in [9.17, 15) is 24.3 Å². The number of aliphatic hydroxyl groups is 1. The van der Waals surface area contributed by atoms with E-state index in [2.05, 4.69) is 5.32 Å². The Morgan fingerprint density at radius 2 is 1.07 bits per heavy atom. The quantitative estimate of drug-likeness (QED) is 0.0973. The van der Waals surface area contributed by atoms with Gasteiger partial charge in [0, 0.05) is 20.8 Å². The maximum atomic E-state index is 13.2. The van der Waals surface area contributed by atoms with E-state index in [1.54, 1.807) is 0 Å². The van der Waals surface area contributed by atoms with Crippen molar-refractivity contribution in [2.45, 2.75) is 106 Å². The molecule has 0 aromatic heterocycles. The molecule has 2 aliphatic rings. The number of amides is 1. The second kappa shape index (κ2) is 23.4. The van der Waals surface area contributed by atoms with Crippen LogP contribution in [0.4, 0.5) is 4.79 Å². The standard InChI is InChI=1S/C42H48Cl3NO15/c1-25(47)52-22-32-35(58-26(2)48)36(59-27(3)49)33(46-41(51)57-24-42(43,44)45)40(61-32)56-23-31-34(53-19-28-13-7-4-8-14-28)37(54-20-29-15-9-5-10-16-29)38(39(50)60-31)55-21-30-17-11-6-12-18-30/h4-18,31-40,50H,19-24H2,1-3H3,(H,46,51)/t31-,32-,33-,34-,35-,36-,37+,38-,39+,40+/m1/s1. The van der Waals surface area contributed by atoms with Gasteiger partial charge in [0.2, 0.25) is 3.79 Å². The number of hydrogen-bond donors (Lipinski definition) is 2. The van der Waals surface area contributed by atoms with Crippen LogP contribution in [0.5, 0.6) is 0 Å². The average Bonchev–Trinajstić information content (AvgIpc) is 3.22. The van der Waals surface area contributed by atoms with Crippen molar-refractivity contribution < 1.29 is 71.7 Å². The normalized spacial score (nSPS) is 26.4. The minimum atomic E-state index is -1.99. The van der Waals surface area contributed by atoms with Gasteiger partial charge in [-0.25, -0.2) is 4.79 Å². The Morgan fingerprint density at radius 1 is 0.590 bits per heavy atom. The largest absolute Gasteiger partial charge is 0.463 e. The molecule has 3 aromatic rings. The number of alkyl carbamates (subject to hydrolysis) is 1. The number of nitrogens with one attached hydrogen (secondary N) is 1. The van der Waals surface area contributed by atoms with Gasteiger partial charge in [0.15, 0.2) is 24.8 Å². The molecule has 1 amide bonds. The van der Waals surface area contributed by atoms with Crippen molar-refractivity contribution in [3.05, 3.63) is 108 Å². The summed E-state index contributed by atoms with van der Waals surface area (Å²) in [7, 11) is 0. The van der Waals surface area contributed by atoms with Gasteiger partial charge in [0.25, 0.3) is 0 Å². The Labute approximate surface area is 367 Å². The van der Waals surface area contributed by atoms with Gasteiger partial charge in [-0.15, -0.1) is 0 Å². The summed E-state index contributed by atoms with van der Waals surface area (Å²) >= 11 is 17.4. The number of carbonyl (C=O) groups excluding carboxylic acids is 4. The number of carbonyl (C=O) groups is 4. The second-order valence-corrected chi connectivity index (χ2v) is 16.6. The predicted molar refractivity (Wildman–Crippen MR) is 217 cm³/mol. The van der Waals surface area contributed by atoms with Gasteiger partial charge in [-0.05, 0) is 16.7 Å². The van der Waals surface area contributed by atoms with Crippen LogP contribution in [0, 0.1) is 0 Å². The molecule has 0 unspecified atom stereocenters. The van der Waals surface area contributed by atoms with E-state index in [-0.39, 0.29) is 19.8 Å². The highest BCUT2D eigenvalue weighted by Crippen LogP contribution is 2.33. The molecule has 0 bridgehead atoms. The lowest BCUT2D eigenvalue weighted by Crippen LogP contribution is -2.67. The zero-order valence-corrected chi connectivity index (χ0v) is 35.7. The third-order valence-electron chi connectivity index (χ3n) is 9.24. The Hall–Kier alpha value is -4.07. The van der Waals surface area contributed by atoms with Crippen molar-refractivity contribution in [2.24, 2.45) is 0 Å². The Bertz CT molecular complexity index is 1840. The minimum Gasteiger partial charge on any atom is -0.463 e. The number of halogens is 3. The Morgan fingerprint density at radius 3 is 1.56 bits per heavy atom. The number of rotatable bonds is 18. The van der Waals surface area contributed by atoms with E-state index in [0.29, 0.717) is 0 Å². The first-order valence-electron chi connectivity index (χ1n) is 19.2. The zero-order valence-electron chi connectivity index (χ0n) is 33.5. The summed E-state index contributed by atoms with van der Waals surface area (Å²) < 4.78 is 57.6. The lowest BCUT2D eigenvalue weighted by Gasteiger charge is -2.47. The van der Waals surface area contributed by atoms with Crippen molar-refractivity contribution in [1.82, 2.24) is 5.32 Å². The molecule has 0 radical (unpaired) electrons. The first kappa shape index (κ1) is 48.0. The molecule has 16 nitrogen and oxygen atoms in total. The summed E-state index contributed by atoms with van der Waals surface area (Å²) in [5.74, 6) is -2.36. The van der Waals surface area contributed by atoms with Gasteiger partial charge in [-0.3, -0.25) is 14.4 Å². The molecule has 332 valence electrons. The molecule has 61 heavy (non-hydrogen) atoms. The molecular formula is C42H48Cl3NO15. The summed E-state index contributed by atoms with van der Waals surface area (Å²) in [6.45, 7) is 2.03. The lowest BCUT2D eigenvalue weighted by atomic mass is 9.95. The van der Waals surface area contributed by atoms with E-state index in [1.807, 2.05) is 91.0 Å². The van der Waals surface area contributed by atoms with E-state index >= 15 is 0 Å². The highest BCUT2D eigenvalue weighted by Gasteiger charge is 2.53. The van der Waals surface area contributed by atoms with E-state index < -0.39 is 109 Å². The first-order chi connectivity index (χ1) is 29.2. The Kier molecular flexibility index (Phi) is 18.4. The molecule has 2 saturated heterocycles. The fourth-order valence-corrected chi connectivity index (χ4v) is 6.77. The maximum absolute atomic E-state index is 13.2. The topological polar surface area (TPSA) is 193 Å². The molecular weight excluding hydrogens is 865 g/mol. The third kappa shape index (κ3) is 15.4. The third-order valence-corrected chi connectivity index (χ3v) is 9.57. The number of ether oxygens (including phenoxy) is 10. The van der Waals surface area contributed by atoms with Gasteiger partial charge in [0.1, 0.15) is 49.8 Å².